The highest BCUT2D eigenvalue weighted by Crippen LogP contribution is 2.32. The van der Waals surface area contributed by atoms with Crippen molar-refractivity contribution < 1.29 is 4.79 Å². The van der Waals surface area contributed by atoms with Crippen molar-refractivity contribution in [3.05, 3.63) is 40.0 Å². The molecule has 0 bridgehead atoms. The number of hydrogen-bond acceptors (Lipinski definition) is 2. The molecule has 2 aromatic rings. The molecule has 0 aliphatic heterocycles. The van der Waals surface area contributed by atoms with Crippen molar-refractivity contribution in [3.63, 3.8) is 0 Å². The average Bonchev–Trinajstić information content (AvgIpc) is 2.83. The SMILES string of the molecule is Cc1cn(C(C)(C)C(=O)N(C)C)nc1-c1cc(Cl)ccc1Cl. The van der Waals surface area contributed by atoms with Crippen LogP contribution in [0.25, 0.3) is 11.3 Å². The number of carbonyl (C=O) groups is 1. The topological polar surface area (TPSA) is 38.1 Å². The molecule has 0 aliphatic carbocycles. The number of nitrogens with zero attached hydrogens (tertiary/aromatic N) is 3. The Morgan fingerprint density at radius 2 is 1.91 bits per heavy atom. The first-order valence-electron chi connectivity index (χ1n) is 6.88. The molecule has 0 saturated carbocycles. The molecule has 1 aromatic heterocycles. The minimum Gasteiger partial charge on any atom is -0.347 e. The van der Waals surface area contributed by atoms with Gasteiger partial charge in [0.15, 0.2) is 0 Å². The molecule has 22 heavy (non-hydrogen) atoms. The molecule has 0 saturated heterocycles. The number of likely N-dealkylation sites (N-methyl/N-ethyl adjacent to an activating group) is 1. The summed E-state index contributed by atoms with van der Waals surface area (Å²) < 4.78 is 1.68. The molecule has 0 aliphatic rings. The van der Waals surface area contributed by atoms with Crippen LogP contribution in [0.3, 0.4) is 0 Å². The van der Waals surface area contributed by atoms with Crippen LogP contribution in [0.5, 0.6) is 0 Å². The molecule has 0 radical (unpaired) electrons. The maximum atomic E-state index is 12.4. The van der Waals surface area contributed by atoms with E-state index in [1.807, 2.05) is 27.0 Å². The highest BCUT2D eigenvalue weighted by Gasteiger charge is 2.32. The lowest BCUT2D eigenvalue weighted by Crippen LogP contribution is -2.44. The van der Waals surface area contributed by atoms with Gasteiger partial charge in [0.1, 0.15) is 5.54 Å². The van der Waals surface area contributed by atoms with Crippen molar-refractivity contribution in [1.82, 2.24) is 14.7 Å². The molecule has 1 heterocycles. The molecule has 0 atom stereocenters. The molecule has 4 nitrogen and oxygen atoms in total. The Labute approximate surface area is 140 Å². The first kappa shape index (κ1) is 16.8. The third-order valence-electron chi connectivity index (χ3n) is 3.58. The van der Waals surface area contributed by atoms with Crippen LogP contribution in [-0.2, 0) is 10.3 Å². The lowest BCUT2D eigenvalue weighted by Gasteiger charge is -2.27. The predicted octanol–water partition coefficient (Wildman–Crippen LogP) is 3.99. The van der Waals surface area contributed by atoms with Crippen LogP contribution < -0.4 is 0 Å². The van der Waals surface area contributed by atoms with Crippen molar-refractivity contribution in [2.75, 3.05) is 14.1 Å². The number of aromatic nitrogens is 2. The number of hydrogen-bond donors (Lipinski definition) is 0. The van der Waals surface area contributed by atoms with Crippen LogP contribution in [0.2, 0.25) is 10.0 Å². The first-order valence-corrected chi connectivity index (χ1v) is 7.64. The summed E-state index contributed by atoms with van der Waals surface area (Å²) in [6.07, 6.45) is 1.86. The largest absolute Gasteiger partial charge is 0.347 e. The zero-order valence-electron chi connectivity index (χ0n) is 13.3. The fraction of sp³-hybridized carbons (Fsp3) is 0.375. The Morgan fingerprint density at radius 3 is 2.50 bits per heavy atom. The third-order valence-corrected chi connectivity index (χ3v) is 4.15. The van der Waals surface area contributed by atoms with E-state index in [4.69, 9.17) is 23.2 Å². The summed E-state index contributed by atoms with van der Waals surface area (Å²) in [5.74, 6) is -0.0289. The molecule has 6 heteroatoms. The molecular weight excluding hydrogens is 321 g/mol. The standard InChI is InChI=1S/C16H19Cl2N3O/c1-10-9-21(16(2,3)15(22)20(4)5)19-14(10)12-8-11(17)6-7-13(12)18/h6-9H,1-5H3. The second kappa shape index (κ2) is 5.94. The van der Waals surface area contributed by atoms with Gasteiger partial charge in [-0.15, -0.1) is 0 Å². The number of amides is 1. The fourth-order valence-corrected chi connectivity index (χ4v) is 2.72. The van der Waals surface area contributed by atoms with Gasteiger partial charge in [-0.1, -0.05) is 23.2 Å². The van der Waals surface area contributed by atoms with Crippen molar-refractivity contribution in [2.45, 2.75) is 26.3 Å². The molecule has 118 valence electrons. The molecule has 0 N–H and O–H groups in total. The Morgan fingerprint density at radius 1 is 1.27 bits per heavy atom. The van der Waals surface area contributed by atoms with E-state index in [1.54, 1.807) is 41.9 Å². The van der Waals surface area contributed by atoms with E-state index in [1.165, 1.54) is 0 Å². The van der Waals surface area contributed by atoms with Gasteiger partial charge in [0.25, 0.3) is 0 Å². The van der Waals surface area contributed by atoms with Crippen LogP contribution in [-0.4, -0.2) is 34.7 Å². The normalized spacial score (nSPS) is 11.6. The van der Waals surface area contributed by atoms with Crippen molar-refractivity contribution in [3.8, 4) is 11.3 Å². The summed E-state index contributed by atoms with van der Waals surface area (Å²) in [5, 5.41) is 5.76. The third kappa shape index (κ3) is 2.99. The van der Waals surface area contributed by atoms with E-state index in [-0.39, 0.29) is 5.91 Å². The van der Waals surface area contributed by atoms with Gasteiger partial charge in [-0.2, -0.15) is 5.10 Å². The van der Waals surface area contributed by atoms with Crippen molar-refractivity contribution in [1.29, 1.82) is 0 Å². The van der Waals surface area contributed by atoms with Gasteiger partial charge in [0.2, 0.25) is 5.91 Å². The summed E-state index contributed by atoms with van der Waals surface area (Å²) in [5.41, 5.74) is 1.65. The van der Waals surface area contributed by atoms with Crippen LogP contribution in [0.1, 0.15) is 19.4 Å². The lowest BCUT2D eigenvalue weighted by molar-refractivity contribution is -0.137. The zero-order valence-corrected chi connectivity index (χ0v) is 14.8. The molecular formula is C16H19Cl2N3O. The minimum atomic E-state index is -0.780. The van der Waals surface area contributed by atoms with Gasteiger partial charge in [0, 0.05) is 30.9 Å². The van der Waals surface area contributed by atoms with E-state index in [9.17, 15) is 4.79 Å². The minimum absolute atomic E-state index is 0.0289. The summed E-state index contributed by atoms with van der Waals surface area (Å²) in [7, 11) is 3.46. The summed E-state index contributed by atoms with van der Waals surface area (Å²) in [6.45, 7) is 5.61. The van der Waals surface area contributed by atoms with Crippen molar-refractivity contribution in [2.24, 2.45) is 0 Å². The molecule has 0 fully saturated rings. The number of carbonyl (C=O) groups excluding carboxylic acids is 1. The summed E-state index contributed by atoms with van der Waals surface area (Å²) in [6, 6.07) is 5.26. The molecule has 1 amide bonds. The van der Waals surface area contributed by atoms with E-state index in [0.717, 1.165) is 16.8 Å². The molecule has 0 spiro atoms. The summed E-state index contributed by atoms with van der Waals surface area (Å²) in [4.78, 5) is 13.9. The Kier molecular flexibility index (Phi) is 4.54. The van der Waals surface area contributed by atoms with Crippen molar-refractivity contribution >= 4 is 29.1 Å². The highest BCUT2D eigenvalue weighted by molar-refractivity contribution is 6.35. The van der Waals surface area contributed by atoms with E-state index in [2.05, 4.69) is 5.10 Å². The molecule has 0 unspecified atom stereocenters. The van der Waals surface area contributed by atoms with Crippen LogP contribution in [0.15, 0.2) is 24.4 Å². The van der Waals surface area contributed by atoms with Gasteiger partial charge in [-0.05, 0) is 44.5 Å². The number of rotatable bonds is 3. The maximum Gasteiger partial charge on any atom is 0.249 e. The monoisotopic (exact) mass is 339 g/mol. The first-order chi connectivity index (χ1) is 10.1. The second-order valence-electron chi connectivity index (χ2n) is 5.99. The van der Waals surface area contributed by atoms with Gasteiger partial charge in [0.05, 0.1) is 10.7 Å². The van der Waals surface area contributed by atoms with Crippen LogP contribution in [0, 0.1) is 6.92 Å². The Balaban J connectivity index is 2.53. The molecule has 2 rings (SSSR count). The predicted molar refractivity (Wildman–Crippen MR) is 90.4 cm³/mol. The van der Waals surface area contributed by atoms with Gasteiger partial charge in [-0.3, -0.25) is 9.48 Å². The van der Waals surface area contributed by atoms with Gasteiger partial charge in [-0.25, -0.2) is 0 Å². The van der Waals surface area contributed by atoms with E-state index < -0.39 is 5.54 Å². The number of benzene rings is 1. The quantitative estimate of drug-likeness (QED) is 0.847. The zero-order chi connectivity index (χ0) is 16.7. The van der Waals surface area contributed by atoms with Gasteiger partial charge >= 0.3 is 0 Å². The second-order valence-corrected chi connectivity index (χ2v) is 6.83. The average molecular weight is 340 g/mol. The van der Waals surface area contributed by atoms with E-state index >= 15 is 0 Å². The Hall–Kier alpha value is -1.52. The highest BCUT2D eigenvalue weighted by atomic mass is 35.5. The van der Waals surface area contributed by atoms with E-state index in [0.29, 0.717) is 10.0 Å². The smallest absolute Gasteiger partial charge is 0.249 e. The van der Waals surface area contributed by atoms with Crippen LogP contribution >= 0.6 is 23.2 Å². The fourth-order valence-electron chi connectivity index (χ4n) is 2.34. The Bertz CT molecular complexity index is 720. The molecule has 1 aromatic carbocycles. The lowest BCUT2D eigenvalue weighted by atomic mass is 10.0. The van der Waals surface area contributed by atoms with Crippen LogP contribution in [0.4, 0.5) is 0 Å². The maximum absolute atomic E-state index is 12.4. The summed E-state index contributed by atoms with van der Waals surface area (Å²) >= 11 is 12.3. The number of halogens is 2. The number of aryl methyl sites for hydroxylation is 1. The van der Waals surface area contributed by atoms with Gasteiger partial charge < -0.3 is 4.90 Å².